The summed E-state index contributed by atoms with van der Waals surface area (Å²) in [6.07, 6.45) is 1.81. The summed E-state index contributed by atoms with van der Waals surface area (Å²) >= 11 is 0. The van der Waals surface area contributed by atoms with Crippen molar-refractivity contribution < 1.29 is 9.90 Å². The zero-order chi connectivity index (χ0) is 8.65. The lowest BCUT2D eigenvalue weighted by molar-refractivity contribution is -0.117. The minimum absolute atomic E-state index is 0.0726. The second-order valence-corrected chi connectivity index (χ2v) is 3.90. The highest BCUT2D eigenvalue weighted by molar-refractivity contribution is 6.00. The molecule has 1 N–H and O–H groups in total. The Bertz CT molecular complexity index is 214. The van der Waals surface area contributed by atoms with E-state index in [1.165, 1.54) is 0 Å². The predicted octanol–water partition coefficient (Wildman–Crippen LogP) is 2.06. The van der Waals surface area contributed by atoms with Crippen LogP contribution in [-0.4, -0.2) is 10.9 Å². The summed E-state index contributed by atoms with van der Waals surface area (Å²) < 4.78 is 0. The Labute approximate surface area is 66.9 Å². The van der Waals surface area contributed by atoms with E-state index in [2.05, 4.69) is 0 Å². The maximum absolute atomic E-state index is 11.3. The molecule has 0 aromatic heterocycles. The van der Waals surface area contributed by atoms with Crippen molar-refractivity contribution in [2.45, 2.75) is 27.2 Å². The standard InChI is InChI=1S/C9H14O2/c1-6-4-9(2,3)7(5-10)8(6)11/h5-6,10H,4H2,1-3H3. The summed E-state index contributed by atoms with van der Waals surface area (Å²) in [4.78, 5) is 11.3. The molecule has 0 radical (unpaired) electrons. The van der Waals surface area contributed by atoms with E-state index >= 15 is 0 Å². The van der Waals surface area contributed by atoms with Crippen LogP contribution in [0.5, 0.6) is 0 Å². The number of allylic oxidation sites excluding steroid dienone is 1. The van der Waals surface area contributed by atoms with E-state index in [1.54, 1.807) is 0 Å². The van der Waals surface area contributed by atoms with Crippen LogP contribution in [0.25, 0.3) is 0 Å². The van der Waals surface area contributed by atoms with E-state index in [9.17, 15) is 4.79 Å². The third-order valence-corrected chi connectivity index (χ3v) is 2.39. The van der Waals surface area contributed by atoms with E-state index < -0.39 is 0 Å². The molecule has 1 saturated carbocycles. The van der Waals surface area contributed by atoms with E-state index in [-0.39, 0.29) is 17.1 Å². The van der Waals surface area contributed by atoms with Crippen LogP contribution in [0, 0.1) is 11.3 Å². The SMILES string of the molecule is CC1CC(C)(C)C(=CO)C1=O. The van der Waals surface area contributed by atoms with E-state index in [4.69, 9.17) is 5.11 Å². The molecule has 0 amide bonds. The van der Waals surface area contributed by atoms with Gasteiger partial charge in [-0.2, -0.15) is 0 Å². The van der Waals surface area contributed by atoms with Gasteiger partial charge in [-0.3, -0.25) is 4.79 Å². The lowest BCUT2D eigenvalue weighted by Crippen LogP contribution is -2.10. The van der Waals surface area contributed by atoms with Crippen LogP contribution in [0.1, 0.15) is 27.2 Å². The molecule has 1 fully saturated rings. The van der Waals surface area contributed by atoms with Crippen LogP contribution >= 0.6 is 0 Å². The predicted molar refractivity (Wildman–Crippen MR) is 43.3 cm³/mol. The van der Waals surface area contributed by atoms with Gasteiger partial charge in [-0.15, -0.1) is 0 Å². The van der Waals surface area contributed by atoms with Gasteiger partial charge >= 0.3 is 0 Å². The van der Waals surface area contributed by atoms with E-state index in [0.29, 0.717) is 5.57 Å². The Morgan fingerprint density at radius 2 is 2.18 bits per heavy atom. The zero-order valence-electron chi connectivity index (χ0n) is 7.22. The lowest BCUT2D eigenvalue weighted by atomic mass is 9.87. The van der Waals surface area contributed by atoms with Gasteiger partial charge in [0.15, 0.2) is 5.78 Å². The first kappa shape index (κ1) is 8.31. The molecule has 1 rings (SSSR count). The zero-order valence-corrected chi connectivity index (χ0v) is 7.22. The molecule has 1 aliphatic rings. The maximum Gasteiger partial charge on any atom is 0.165 e. The molecule has 0 aliphatic heterocycles. The minimum Gasteiger partial charge on any atom is -0.515 e. The fraction of sp³-hybridized carbons (Fsp3) is 0.667. The summed E-state index contributed by atoms with van der Waals surface area (Å²) in [6, 6.07) is 0. The molecular weight excluding hydrogens is 140 g/mol. The maximum atomic E-state index is 11.3. The van der Waals surface area contributed by atoms with Crippen LogP contribution < -0.4 is 0 Å². The number of hydrogen-bond donors (Lipinski definition) is 1. The van der Waals surface area contributed by atoms with Crippen molar-refractivity contribution in [1.82, 2.24) is 0 Å². The molecule has 11 heavy (non-hydrogen) atoms. The fourth-order valence-corrected chi connectivity index (χ4v) is 1.81. The van der Waals surface area contributed by atoms with Crippen LogP contribution in [0.4, 0.5) is 0 Å². The van der Waals surface area contributed by atoms with Crippen molar-refractivity contribution in [2.24, 2.45) is 11.3 Å². The first-order valence-corrected chi connectivity index (χ1v) is 3.88. The smallest absolute Gasteiger partial charge is 0.165 e. The normalized spacial score (nSPS) is 33.2. The van der Waals surface area contributed by atoms with Gasteiger partial charge in [-0.1, -0.05) is 20.8 Å². The highest BCUT2D eigenvalue weighted by Crippen LogP contribution is 2.42. The molecule has 1 atom stereocenters. The lowest BCUT2D eigenvalue weighted by Gasteiger charge is -2.16. The number of hydrogen-bond acceptors (Lipinski definition) is 2. The van der Waals surface area contributed by atoms with Gasteiger partial charge < -0.3 is 5.11 Å². The van der Waals surface area contributed by atoms with Gasteiger partial charge in [0.25, 0.3) is 0 Å². The minimum atomic E-state index is -0.134. The van der Waals surface area contributed by atoms with Gasteiger partial charge in [0.05, 0.1) is 6.26 Å². The molecule has 0 saturated heterocycles. The molecule has 62 valence electrons. The topological polar surface area (TPSA) is 37.3 Å². The quantitative estimate of drug-likeness (QED) is 0.428. The molecule has 0 spiro atoms. The Kier molecular flexibility index (Phi) is 1.78. The molecule has 2 heteroatoms. The van der Waals surface area contributed by atoms with E-state index in [0.717, 1.165) is 12.7 Å². The van der Waals surface area contributed by atoms with Crippen molar-refractivity contribution in [3.63, 3.8) is 0 Å². The molecule has 0 bridgehead atoms. The molecule has 1 aliphatic carbocycles. The summed E-state index contributed by atoms with van der Waals surface area (Å²) in [5.74, 6) is 0.167. The number of carbonyl (C=O) groups excluding carboxylic acids is 1. The van der Waals surface area contributed by atoms with Crippen molar-refractivity contribution >= 4 is 5.78 Å². The van der Waals surface area contributed by atoms with Gasteiger partial charge in [0.2, 0.25) is 0 Å². The van der Waals surface area contributed by atoms with Crippen molar-refractivity contribution in [2.75, 3.05) is 0 Å². The van der Waals surface area contributed by atoms with Gasteiger partial charge in [0.1, 0.15) is 0 Å². The molecule has 0 heterocycles. The van der Waals surface area contributed by atoms with Crippen LogP contribution in [0.2, 0.25) is 0 Å². The summed E-state index contributed by atoms with van der Waals surface area (Å²) in [6.45, 7) is 5.87. The monoisotopic (exact) mass is 154 g/mol. The van der Waals surface area contributed by atoms with Crippen molar-refractivity contribution in [1.29, 1.82) is 0 Å². The first-order valence-electron chi connectivity index (χ1n) is 3.88. The second-order valence-electron chi connectivity index (χ2n) is 3.90. The number of rotatable bonds is 0. The highest BCUT2D eigenvalue weighted by atomic mass is 16.2. The number of ketones is 1. The third-order valence-electron chi connectivity index (χ3n) is 2.39. The van der Waals surface area contributed by atoms with Crippen LogP contribution in [-0.2, 0) is 4.79 Å². The summed E-state index contributed by atoms with van der Waals surface area (Å²) in [5, 5.41) is 8.81. The van der Waals surface area contributed by atoms with Crippen molar-refractivity contribution in [3.05, 3.63) is 11.8 Å². The van der Waals surface area contributed by atoms with Gasteiger partial charge in [-0.05, 0) is 11.8 Å². The first-order chi connectivity index (χ1) is 4.99. The third kappa shape index (κ3) is 1.17. The number of aliphatic hydroxyl groups excluding tert-OH is 1. The molecule has 1 unspecified atom stereocenters. The molecule has 0 aromatic carbocycles. The van der Waals surface area contributed by atoms with Gasteiger partial charge in [0, 0.05) is 11.5 Å². The summed E-state index contributed by atoms with van der Waals surface area (Å²) in [7, 11) is 0. The molecule has 0 aromatic rings. The second kappa shape index (κ2) is 2.36. The van der Waals surface area contributed by atoms with E-state index in [1.807, 2.05) is 20.8 Å². The Hall–Kier alpha value is -0.790. The number of Topliss-reactive ketones (excluding diaryl/α,β-unsaturated/α-hetero) is 1. The fourth-order valence-electron chi connectivity index (χ4n) is 1.81. The Morgan fingerprint density at radius 3 is 2.36 bits per heavy atom. The van der Waals surface area contributed by atoms with Crippen LogP contribution in [0.15, 0.2) is 11.8 Å². The average molecular weight is 154 g/mol. The number of aliphatic hydroxyl groups is 1. The van der Waals surface area contributed by atoms with Crippen molar-refractivity contribution in [3.8, 4) is 0 Å². The van der Waals surface area contributed by atoms with Gasteiger partial charge in [-0.25, -0.2) is 0 Å². The average Bonchev–Trinajstić information content (AvgIpc) is 2.03. The van der Waals surface area contributed by atoms with Crippen LogP contribution in [0.3, 0.4) is 0 Å². The molecular formula is C9H14O2. The molecule has 2 nitrogen and oxygen atoms in total. The Morgan fingerprint density at radius 1 is 1.64 bits per heavy atom. The highest BCUT2D eigenvalue weighted by Gasteiger charge is 2.40. The largest absolute Gasteiger partial charge is 0.515 e. The Balaban J connectivity index is 3.01. The number of carbonyl (C=O) groups is 1. The summed E-state index contributed by atoms with van der Waals surface area (Å²) in [5.41, 5.74) is 0.440.